The Morgan fingerprint density at radius 2 is 1.77 bits per heavy atom. The van der Waals surface area contributed by atoms with E-state index in [4.69, 9.17) is 26.5 Å². The third-order valence-corrected chi connectivity index (χ3v) is 9.13. The number of carbonyl (C=O) groups excluding carboxylic acids is 1. The van der Waals surface area contributed by atoms with Crippen LogP contribution in [0.4, 0.5) is 18.9 Å². The summed E-state index contributed by atoms with van der Waals surface area (Å²) >= 11 is 5.28. The summed E-state index contributed by atoms with van der Waals surface area (Å²) in [5.41, 5.74) is 2.24. The Bertz CT molecular complexity index is 1230. The highest BCUT2D eigenvalue weighted by atomic mass is 32.2. The Hall–Kier alpha value is -2.58. The summed E-state index contributed by atoms with van der Waals surface area (Å²) in [6, 6.07) is 9.91. The minimum absolute atomic E-state index is 0.0284. The molecular weight excluding hydrogens is 557 g/mol. The van der Waals surface area contributed by atoms with E-state index >= 15 is 0 Å². The van der Waals surface area contributed by atoms with Gasteiger partial charge in [-0.3, -0.25) is 4.79 Å². The van der Waals surface area contributed by atoms with Gasteiger partial charge in [0.15, 0.2) is 20.9 Å². The van der Waals surface area contributed by atoms with Crippen molar-refractivity contribution >= 4 is 38.6 Å². The third kappa shape index (κ3) is 7.76. The smallest absolute Gasteiger partial charge is 0.382 e. The molecule has 0 aliphatic carbocycles. The molecule has 2 atom stereocenters. The van der Waals surface area contributed by atoms with E-state index in [-0.39, 0.29) is 22.9 Å². The van der Waals surface area contributed by atoms with Gasteiger partial charge < -0.3 is 14.8 Å². The van der Waals surface area contributed by atoms with Crippen LogP contribution in [0.15, 0.2) is 53.4 Å². The van der Waals surface area contributed by atoms with Crippen LogP contribution in [-0.2, 0) is 35.1 Å². The summed E-state index contributed by atoms with van der Waals surface area (Å²) in [5, 5.41) is 2.88. The number of sulfone groups is 1. The highest BCUT2D eigenvalue weighted by molar-refractivity contribution is 7.93. The number of ether oxygens (including phenoxy) is 2. The molecule has 1 amide bonds. The van der Waals surface area contributed by atoms with Gasteiger partial charge in [-0.2, -0.15) is 13.2 Å². The zero-order valence-corrected chi connectivity index (χ0v) is 23.2. The molecule has 1 aliphatic rings. The summed E-state index contributed by atoms with van der Waals surface area (Å²) in [7, 11) is -4.23. The topological polar surface area (TPSA) is 103 Å². The maximum atomic E-state index is 13.7. The molecule has 2 aromatic rings. The van der Waals surface area contributed by atoms with Gasteiger partial charge in [-0.25, -0.2) is 18.7 Å². The maximum Gasteiger partial charge on any atom is 0.416 e. The number of nitrogens with one attached hydrogen (secondary N) is 2. The Labute approximate surface area is 231 Å². The van der Waals surface area contributed by atoms with E-state index in [9.17, 15) is 26.4 Å². The van der Waals surface area contributed by atoms with E-state index in [1.54, 1.807) is 6.92 Å². The van der Waals surface area contributed by atoms with Crippen LogP contribution in [0.1, 0.15) is 50.7 Å². The summed E-state index contributed by atoms with van der Waals surface area (Å²) in [6.07, 6.45) is -2.91. The first-order valence-electron chi connectivity index (χ1n) is 12.4. The van der Waals surface area contributed by atoms with Gasteiger partial charge in [0.2, 0.25) is 0 Å². The lowest BCUT2D eigenvalue weighted by Gasteiger charge is -2.29. The van der Waals surface area contributed by atoms with Gasteiger partial charge in [-0.15, -0.1) is 0 Å². The summed E-state index contributed by atoms with van der Waals surface area (Å²) in [4.78, 5) is 18.5. The Morgan fingerprint density at radius 3 is 2.33 bits per heavy atom. The predicted octanol–water partition coefficient (Wildman–Crippen LogP) is 5.03. The van der Waals surface area contributed by atoms with Crippen LogP contribution in [0.25, 0.3) is 0 Å². The van der Waals surface area contributed by atoms with Crippen molar-refractivity contribution in [1.82, 2.24) is 5.48 Å². The van der Waals surface area contributed by atoms with Gasteiger partial charge in [0.25, 0.3) is 5.91 Å². The number of rotatable bonds is 11. The molecule has 2 aromatic carbocycles. The van der Waals surface area contributed by atoms with E-state index in [1.807, 2.05) is 0 Å². The molecule has 214 valence electrons. The van der Waals surface area contributed by atoms with Gasteiger partial charge in [0.1, 0.15) is 4.99 Å². The fraction of sp³-hybridized carbons (Fsp3) is 0.462. The molecule has 0 saturated carbocycles. The van der Waals surface area contributed by atoms with Crippen molar-refractivity contribution in [3.63, 3.8) is 0 Å². The zero-order valence-electron chi connectivity index (χ0n) is 21.5. The first kappa shape index (κ1) is 31.0. The minimum atomic E-state index is -4.46. The van der Waals surface area contributed by atoms with Gasteiger partial charge in [0, 0.05) is 37.5 Å². The Kier molecular flexibility index (Phi) is 10.5. The van der Waals surface area contributed by atoms with Gasteiger partial charge in [0.05, 0.1) is 10.5 Å². The number of amides is 1. The lowest BCUT2D eigenvalue weighted by atomic mass is 10.1. The Balaban J connectivity index is 1.75. The van der Waals surface area contributed by atoms with E-state index in [1.165, 1.54) is 43.3 Å². The predicted molar refractivity (Wildman–Crippen MR) is 143 cm³/mol. The molecule has 3 rings (SSSR count). The van der Waals surface area contributed by atoms with Crippen molar-refractivity contribution in [3.05, 3.63) is 59.7 Å². The molecule has 39 heavy (non-hydrogen) atoms. The summed E-state index contributed by atoms with van der Waals surface area (Å²) in [5.74, 6) is -0.845. The first-order valence-corrected chi connectivity index (χ1v) is 14.3. The highest BCUT2D eigenvalue weighted by Gasteiger charge is 2.47. The second kappa shape index (κ2) is 13.2. The molecular formula is C26H31F3N2O6S2. The van der Waals surface area contributed by atoms with Crippen LogP contribution in [-0.4, -0.2) is 50.2 Å². The van der Waals surface area contributed by atoms with Gasteiger partial charge in [-0.05, 0) is 69.5 Å². The number of hydrogen-bond donors (Lipinski definition) is 2. The molecule has 1 heterocycles. The molecule has 8 nitrogen and oxygen atoms in total. The van der Waals surface area contributed by atoms with E-state index in [0.717, 1.165) is 25.0 Å². The van der Waals surface area contributed by atoms with Gasteiger partial charge in [-0.1, -0.05) is 24.4 Å². The van der Waals surface area contributed by atoms with Crippen LogP contribution in [0.5, 0.6) is 0 Å². The number of carbonyl (C=O) groups is 1. The molecule has 2 unspecified atom stereocenters. The number of benzene rings is 2. The average Bonchev–Trinajstić information content (AvgIpc) is 2.92. The first-order chi connectivity index (χ1) is 18.4. The standard InChI is InChI=1S/C26H31F3N2O6S2/c1-3-35-17-15-25(2,24(32)31-37-22-6-4-5-16-36-22)39(33,34)21-13-11-20(12-14-21)30-23(38)18-7-9-19(10-8-18)26(27,28)29/h7-14,22H,3-6,15-17H2,1-2H3,(H,30,38)(H,31,32). The fourth-order valence-electron chi connectivity index (χ4n) is 3.80. The number of hydroxylamine groups is 1. The Morgan fingerprint density at radius 1 is 1.10 bits per heavy atom. The lowest BCUT2D eigenvalue weighted by Crippen LogP contribution is -2.52. The molecule has 13 heteroatoms. The van der Waals surface area contributed by atoms with E-state index in [0.29, 0.717) is 30.9 Å². The number of anilines is 1. The fourth-order valence-corrected chi connectivity index (χ4v) is 5.71. The van der Waals surface area contributed by atoms with Crippen molar-refractivity contribution in [2.45, 2.75) is 61.6 Å². The molecule has 1 fully saturated rings. The van der Waals surface area contributed by atoms with Crippen LogP contribution >= 0.6 is 12.2 Å². The van der Waals surface area contributed by atoms with Crippen molar-refractivity contribution in [2.75, 3.05) is 25.1 Å². The summed E-state index contributed by atoms with van der Waals surface area (Å²) < 4.78 is 74.6. The molecule has 2 N–H and O–H groups in total. The van der Waals surface area contributed by atoms with Crippen molar-refractivity contribution < 1.29 is 40.7 Å². The molecule has 1 saturated heterocycles. The largest absolute Gasteiger partial charge is 0.416 e. The second-order valence-electron chi connectivity index (χ2n) is 9.08. The average molecular weight is 589 g/mol. The maximum absolute atomic E-state index is 13.7. The van der Waals surface area contributed by atoms with Crippen molar-refractivity contribution in [3.8, 4) is 0 Å². The van der Waals surface area contributed by atoms with Crippen LogP contribution in [0.3, 0.4) is 0 Å². The van der Waals surface area contributed by atoms with Crippen LogP contribution in [0, 0.1) is 0 Å². The lowest BCUT2D eigenvalue weighted by molar-refractivity contribution is -0.201. The zero-order chi connectivity index (χ0) is 28.7. The van der Waals surface area contributed by atoms with Crippen molar-refractivity contribution in [2.24, 2.45) is 0 Å². The molecule has 0 bridgehead atoms. The molecule has 0 radical (unpaired) electrons. The quantitative estimate of drug-likeness (QED) is 0.214. The SMILES string of the molecule is CCOCCC(C)(C(=O)NOC1CCCCO1)S(=O)(=O)c1ccc(NC(=S)c2ccc(C(F)(F)F)cc2)cc1. The number of hydrogen-bond acceptors (Lipinski definition) is 7. The monoisotopic (exact) mass is 588 g/mol. The number of halogens is 3. The van der Waals surface area contributed by atoms with Crippen LogP contribution < -0.4 is 10.8 Å². The van der Waals surface area contributed by atoms with Gasteiger partial charge >= 0.3 is 6.18 Å². The number of thiocarbonyl (C=S) groups is 1. The van der Waals surface area contributed by atoms with E-state index in [2.05, 4.69) is 10.8 Å². The highest BCUT2D eigenvalue weighted by Crippen LogP contribution is 2.31. The molecule has 1 aliphatic heterocycles. The van der Waals surface area contributed by atoms with Crippen LogP contribution in [0.2, 0.25) is 0 Å². The van der Waals surface area contributed by atoms with E-state index < -0.39 is 38.5 Å². The molecule has 0 aromatic heterocycles. The molecule has 0 spiro atoms. The summed E-state index contributed by atoms with van der Waals surface area (Å²) in [6.45, 7) is 3.94. The number of alkyl halides is 3. The second-order valence-corrected chi connectivity index (χ2v) is 11.9. The van der Waals surface area contributed by atoms with Crippen molar-refractivity contribution in [1.29, 1.82) is 0 Å². The minimum Gasteiger partial charge on any atom is -0.382 e. The normalized spacial score (nSPS) is 17.7. The third-order valence-electron chi connectivity index (χ3n) is 6.32.